The summed E-state index contributed by atoms with van der Waals surface area (Å²) in [4.78, 5) is 11.7. The van der Waals surface area contributed by atoms with E-state index in [2.05, 4.69) is 0 Å². The first-order chi connectivity index (χ1) is 11.4. The molecule has 1 saturated carbocycles. The molecule has 3 rings (SSSR count). The zero-order valence-corrected chi connectivity index (χ0v) is 14.4. The molecule has 1 aliphatic carbocycles. The summed E-state index contributed by atoms with van der Waals surface area (Å²) >= 11 is 5.97. The predicted octanol–water partition coefficient (Wildman–Crippen LogP) is 3.30. The fourth-order valence-corrected chi connectivity index (χ4v) is 5.57. The van der Waals surface area contributed by atoms with Crippen molar-refractivity contribution in [3.8, 4) is 6.07 Å². The van der Waals surface area contributed by atoms with Crippen LogP contribution in [0.4, 0.5) is 0 Å². The molecule has 0 N–H and O–H groups in total. The normalized spacial score (nSPS) is 25.7. The summed E-state index contributed by atoms with van der Waals surface area (Å²) < 4.78 is 25.9. The molecular formula is C18H14ClNO3S. The molecule has 0 radical (unpaired) electrons. The minimum absolute atomic E-state index is 0.115. The van der Waals surface area contributed by atoms with Crippen molar-refractivity contribution >= 4 is 27.7 Å². The van der Waals surface area contributed by atoms with E-state index < -0.39 is 26.4 Å². The van der Waals surface area contributed by atoms with Gasteiger partial charge >= 0.3 is 0 Å². The third kappa shape index (κ3) is 2.43. The SMILES string of the molecule is Cc1ccc(S(=O)(=O)[C@@H]2[C@H](c3cccc(Cl)c3)[C@]2(C#N)C=O)cc1. The van der Waals surface area contributed by atoms with E-state index in [1.54, 1.807) is 36.4 Å². The zero-order chi connectivity index (χ0) is 17.5. The van der Waals surface area contributed by atoms with Gasteiger partial charge in [0.15, 0.2) is 9.84 Å². The van der Waals surface area contributed by atoms with E-state index >= 15 is 0 Å². The van der Waals surface area contributed by atoms with Crippen LogP contribution in [0.15, 0.2) is 53.4 Å². The van der Waals surface area contributed by atoms with Gasteiger partial charge in [-0.2, -0.15) is 5.26 Å². The number of nitriles is 1. The Morgan fingerprint density at radius 2 is 1.88 bits per heavy atom. The summed E-state index contributed by atoms with van der Waals surface area (Å²) in [6.07, 6.45) is 0.453. The summed E-state index contributed by atoms with van der Waals surface area (Å²) in [5, 5.41) is 8.83. The first-order valence-corrected chi connectivity index (χ1v) is 9.23. The number of carbonyl (C=O) groups excluding carboxylic acids is 1. The van der Waals surface area contributed by atoms with Crippen LogP contribution in [-0.4, -0.2) is 20.0 Å². The molecule has 0 saturated heterocycles. The monoisotopic (exact) mass is 359 g/mol. The van der Waals surface area contributed by atoms with E-state index in [1.165, 1.54) is 12.1 Å². The molecule has 0 aromatic heterocycles. The number of rotatable bonds is 4. The number of nitrogens with zero attached hydrogens (tertiary/aromatic N) is 1. The predicted molar refractivity (Wildman–Crippen MR) is 90.5 cm³/mol. The Bertz CT molecular complexity index is 947. The zero-order valence-electron chi connectivity index (χ0n) is 12.8. The second-order valence-corrected chi connectivity index (χ2v) is 8.48. The molecular weight excluding hydrogens is 346 g/mol. The van der Waals surface area contributed by atoms with E-state index in [-0.39, 0.29) is 4.90 Å². The first-order valence-electron chi connectivity index (χ1n) is 7.30. The van der Waals surface area contributed by atoms with Crippen LogP contribution >= 0.6 is 11.6 Å². The Hall–Kier alpha value is -2.16. The molecule has 1 aliphatic rings. The summed E-state index contributed by atoms with van der Waals surface area (Å²) in [5.74, 6) is -0.718. The number of sulfone groups is 1. The third-order valence-electron chi connectivity index (χ3n) is 4.46. The maximum absolute atomic E-state index is 13.0. The molecule has 0 bridgehead atoms. The average molecular weight is 360 g/mol. The van der Waals surface area contributed by atoms with Crippen LogP contribution in [0.1, 0.15) is 17.0 Å². The number of benzene rings is 2. The van der Waals surface area contributed by atoms with Gasteiger partial charge in [-0.25, -0.2) is 8.42 Å². The van der Waals surface area contributed by atoms with E-state index in [0.29, 0.717) is 16.9 Å². The Balaban J connectivity index is 2.10. The number of aryl methyl sites for hydroxylation is 1. The fraction of sp³-hybridized carbons (Fsp3) is 0.222. The van der Waals surface area contributed by atoms with Crippen molar-refractivity contribution in [2.24, 2.45) is 5.41 Å². The maximum atomic E-state index is 13.0. The highest BCUT2D eigenvalue weighted by molar-refractivity contribution is 7.92. The quantitative estimate of drug-likeness (QED) is 0.785. The van der Waals surface area contributed by atoms with Crippen molar-refractivity contribution in [3.05, 3.63) is 64.7 Å². The molecule has 4 nitrogen and oxygen atoms in total. The average Bonchev–Trinajstić information content (AvgIpc) is 3.26. The topological polar surface area (TPSA) is 75.0 Å². The second-order valence-electron chi connectivity index (χ2n) is 5.97. The van der Waals surface area contributed by atoms with Crippen molar-refractivity contribution in [1.29, 1.82) is 5.26 Å². The summed E-state index contributed by atoms with van der Waals surface area (Å²) in [7, 11) is -3.82. The fourth-order valence-electron chi connectivity index (χ4n) is 3.14. The molecule has 1 fully saturated rings. The lowest BCUT2D eigenvalue weighted by Gasteiger charge is -2.05. The first kappa shape index (κ1) is 16.7. The molecule has 2 aromatic carbocycles. The van der Waals surface area contributed by atoms with Crippen molar-refractivity contribution < 1.29 is 13.2 Å². The largest absolute Gasteiger partial charge is 0.302 e. The van der Waals surface area contributed by atoms with Crippen LogP contribution in [-0.2, 0) is 14.6 Å². The van der Waals surface area contributed by atoms with Gasteiger partial charge in [0.2, 0.25) is 0 Å². The van der Waals surface area contributed by atoms with Gasteiger partial charge in [-0.05, 0) is 36.8 Å². The number of hydrogen-bond acceptors (Lipinski definition) is 4. The molecule has 6 heteroatoms. The van der Waals surface area contributed by atoms with Crippen LogP contribution in [0.3, 0.4) is 0 Å². The highest BCUT2D eigenvalue weighted by Gasteiger charge is 2.72. The second kappa shape index (κ2) is 5.73. The van der Waals surface area contributed by atoms with Gasteiger partial charge in [-0.3, -0.25) is 0 Å². The lowest BCUT2D eigenvalue weighted by molar-refractivity contribution is -0.110. The van der Waals surface area contributed by atoms with Crippen LogP contribution in [0.5, 0.6) is 0 Å². The Morgan fingerprint density at radius 1 is 1.21 bits per heavy atom. The Kier molecular flexibility index (Phi) is 3.98. The molecule has 0 heterocycles. The standard InChI is InChI=1S/C18H14ClNO3S/c1-12-5-7-15(8-6-12)24(22,23)17-16(18(17,10-20)11-21)13-3-2-4-14(19)9-13/h2-9,11,16-17H,1H3/t16-,17+,18-/m0/s1. The van der Waals surface area contributed by atoms with Gasteiger partial charge in [0, 0.05) is 10.9 Å². The summed E-state index contributed by atoms with van der Waals surface area (Å²) in [6, 6.07) is 14.9. The lowest BCUT2D eigenvalue weighted by atomic mass is 10.0. The number of aldehydes is 1. The minimum Gasteiger partial charge on any atom is -0.302 e. The van der Waals surface area contributed by atoms with Crippen LogP contribution in [0, 0.1) is 23.7 Å². The van der Waals surface area contributed by atoms with E-state index in [0.717, 1.165) is 5.56 Å². The number of hydrogen-bond donors (Lipinski definition) is 0. The maximum Gasteiger partial charge on any atom is 0.183 e. The summed E-state index contributed by atoms with van der Waals surface area (Å²) in [6.45, 7) is 1.85. The Morgan fingerprint density at radius 3 is 2.42 bits per heavy atom. The number of halogens is 1. The van der Waals surface area contributed by atoms with E-state index in [1.807, 2.05) is 13.0 Å². The van der Waals surface area contributed by atoms with Gasteiger partial charge in [-0.1, -0.05) is 41.4 Å². The molecule has 122 valence electrons. The lowest BCUT2D eigenvalue weighted by Crippen LogP contribution is -2.16. The van der Waals surface area contributed by atoms with Crippen LogP contribution < -0.4 is 0 Å². The van der Waals surface area contributed by atoms with Crippen LogP contribution in [0.2, 0.25) is 5.02 Å². The van der Waals surface area contributed by atoms with Crippen molar-refractivity contribution in [3.63, 3.8) is 0 Å². The van der Waals surface area contributed by atoms with Gasteiger partial charge in [0.1, 0.15) is 17.0 Å². The minimum atomic E-state index is -3.82. The molecule has 0 aliphatic heterocycles. The smallest absolute Gasteiger partial charge is 0.183 e. The molecule has 24 heavy (non-hydrogen) atoms. The molecule has 2 aromatic rings. The number of carbonyl (C=O) groups is 1. The molecule has 0 unspecified atom stereocenters. The van der Waals surface area contributed by atoms with E-state index in [9.17, 15) is 18.5 Å². The molecule has 0 spiro atoms. The van der Waals surface area contributed by atoms with Gasteiger partial charge < -0.3 is 4.79 Å². The van der Waals surface area contributed by atoms with Gasteiger partial charge in [0.25, 0.3) is 0 Å². The van der Waals surface area contributed by atoms with Crippen molar-refractivity contribution in [2.45, 2.75) is 23.0 Å². The Labute approximate surface area is 145 Å². The highest BCUT2D eigenvalue weighted by Crippen LogP contribution is 2.62. The van der Waals surface area contributed by atoms with Gasteiger partial charge in [-0.15, -0.1) is 0 Å². The van der Waals surface area contributed by atoms with Crippen molar-refractivity contribution in [1.82, 2.24) is 0 Å². The van der Waals surface area contributed by atoms with Crippen LogP contribution in [0.25, 0.3) is 0 Å². The van der Waals surface area contributed by atoms with Crippen molar-refractivity contribution in [2.75, 3.05) is 0 Å². The molecule has 3 atom stereocenters. The van der Waals surface area contributed by atoms with E-state index in [4.69, 9.17) is 11.6 Å². The molecule has 0 amide bonds. The summed E-state index contributed by atoms with van der Waals surface area (Å²) in [5.41, 5.74) is -0.0658. The van der Waals surface area contributed by atoms with Gasteiger partial charge in [0.05, 0.1) is 11.0 Å². The highest BCUT2D eigenvalue weighted by atomic mass is 35.5. The third-order valence-corrected chi connectivity index (χ3v) is 6.95.